The highest BCUT2D eigenvalue weighted by Gasteiger charge is 2.34. The van der Waals surface area contributed by atoms with Gasteiger partial charge in [0.1, 0.15) is 11.5 Å². The predicted octanol–water partition coefficient (Wildman–Crippen LogP) is 4.64. The summed E-state index contributed by atoms with van der Waals surface area (Å²) in [7, 11) is 1.55. The van der Waals surface area contributed by atoms with Crippen molar-refractivity contribution in [1.29, 1.82) is 0 Å². The van der Waals surface area contributed by atoms with Gasteiger partial charge in [-0.05, 0) is 69.7 Å². The SMILES string of the molecule is CCOC(=O)C1=C(C)N=c2s/c(=C\c3ccc(-c4ccc(C(=O)OCC)cc4)o3)c(=O)n2[C@@H]1c1ccc(OC)c(OCC)c1. The Balaban J connectivity index is 1.57. The number of methoxy groups -OCH3 is 1. The highest BCUT2D eigenvalue weighted by molar-refractivity contribution is 7.07. The molecule has 0 saturated heterocycles. The smallest absolute Gasteiger partial charge is 0.338 e. The van der Waals surface area contributed by atoms with Gasteiger partial charge < -0.3 is 23.4 Å². The summed E-state index contributed by atoms with van der Waals surface area (Å²) in [6, 6.07) is 15.0. The molecule has 5 rings (SSSR count). The Hall–Kier alpha value is -4.90. The number of carbonyl (C=O) groups excluding carboxylic acids is 2. The first-order chi connectivity index (χ1) is 21.3. The molecule has 0 fully saturated rings. The minimum Gasteiger partial charge on any atom is -0.493 e. The molecule has 0 amide bonds. The molecule has 0 unspecified atom stereocenters. The molecule has 44 heavy (non-hydrogen) atoms. The summed E-state index contributed by atoms with van der Waals surface area (Å²) in [6.07, 6.45) is 1.65. The number of carbonyl (C=O) groups is 2. The van der Waals surface area contributed by atoms with E-state index < -0.39 is 18.0 Å². The molecule has 1 aliphatic heterocycles. The maximum atomic E-state index is 14.0. The third-order valence-electron chi connectivity index (χ3n) is 6.90. The molecule has 1 aliphatic rings. The van der Waals surface area contributed by atoms with Crippen LogP contribution >= 0.6 is 11.3 Å². The number of rotatable bonds is 10. The average molecular weight is 617 g/mol. The highest BCUT2D eigenvalue weighted by Crippen LogP contribution is 2.36. The molecule has 0 N–H and O–H groups in total. The van der Waals surface area contributed by atoms with Gasteiger partial charge in [0.25, 0.3) is 5.56 Å². The second-order valence-electron chi connectivity index (χ2n) is 9.65. The third kappa shape index (κ3) is 5.96. The van der Waals surface area contributed by atoms with Crippen LogP contribution in [0.4, 0.5) is 0 Å². The number of furan rings is 1. The molecule has 2 aromatic carbocycles. The molecule has 0 radical (unpaired) electrons. The minimum absolute atomic E-state index is 0.173. The Morgan fingerprint density at radius 3 is 2.36 bits per heavy atom. The van der Waals surface area contributed by atoms with Crippen molar-refractivity contribution < 1.29 is 33.0 Å². The van der Waals surface area contributed by atoms with E-state index in [2.05, 4.69) is 4.99 Å². The summed E-state index contributed by atoms with van der Waals surface area (Å²) in [5.74, 6) is 1.11. The zero-order valence-electron chi connectivity index (χ0n) is 25.0. The maximum Gasteiger partial charge on any atom is 0.338 e. The quantitative estimate of drug-likeness (QED) is 0.237. The van der Waals surface area contributed by atoms with Crippen LogP contribution in [-0.4, -0.2) is 43.4 Å². The standard InChI is InChI=1S/C33H32N2O8S/c1-6-40-26-17-22(13-15-25(26)39-5)29-28(32(38)42-8-3)19(4)34-33-35(29)30(36)27(44-33)18-23-14-16-24(43-23)20-9-11-21(12-10-20)31(37)41-7-2/h9-18,29H,6-8H2,1-5H3/b27-18-/t29-/m1/s1. The molecule has 0 saturated carbocycles. The van der Waals surface area contributed by atoms with Gasteiger partial charge in [-0.2, -0.15) is 0 Å². The summed E-state index contributed by atoms with van der Waals surface area (Å²) in [5.41, 5.74) is 2.25. The lowest BCUT2D eigenvalue weighted by Gasteiger charge is -2.25. The van der Waals surface area contributed by atoms with Crippen molar-refractivity contribution in [2.75, 3.05) is 26.9 Å². The zero-order chi connectivity index (χ0) is 31.4. The number of esters is 2. The van der Waals surface area contributed by atoms with Crippen LogP contribution in [-0.2, 0) is 14.3 Å². The van der Waals surface area contributed by atoms with Gasteiger partial charge in [-0.3, -0.25) is 9.36 Å². The maximum absolute atomic E-state index is 14.0. The van der Waals surface area contributed by atoms with Gasteiger partial charge in [0.05, 0.1) is 54.3 Å². The topological polar surface area (TPSA) is 119 Å². The minimum atomic E-state index is -0.803. The van der Waals surface area contributed by atoms with Crippen molar-refractivity contribution in [2.24, 2.45) is 4.99 Å². The van der Waals surface area contributed by atoms with Crippen molar-refractivity contribution in [3.8, 4) is 22.8 Å². The van der Waals surface area contributed by atoms with Crippen molar-refractivity contribution in [3.63, 3.8) is 0 Å². The molecule has 4 aromatic rings. The number of ether oxygens (including phenoxy) is 4. The second-order valence-corrected chi connectivity index (χ2v) is 10.7. The van der Waals surface area contributed by atoms with E-state index in [1.807, 2.05) is 6.92 Å². The van der Waals surface area contributed by atoms with Crippen LogP contribution in [0, 0.1) is 0 Å². The molecule has 2 aromatic heterocycles. The molecular weight excluding hydrogens is 584 g/mol. The summed E-state index contributed by atoms with van der Waals surface area (Å²) in [5, 5.41) is 0. The summed E-state index contributed by atoms with van der Waals surface area (Å²) >= 11 is 1.20. The predicted molar refractivity (Wildman–Crippen MR) is 165 cm³/mol. The van der Waals surface area contributed by atoms with E-state index in [4.69, 9.17) is 23.4 Å². The lowest BCUT2D eigenvalue weighted by atomic mass is 9.95. The zero-order valence-corrected chi connectivity index (χ0v) is 25.9. The van der Waals surface area contributed by atoms with Gasteiger partial charge in [0, 0.05) is 11.6 Å². The van der Waals surface area contributed by atoms with E-state index in [0.29, 0.717) is 62.4 Å². The Bertz CT molecular complexity index is 1910. The third-order valence-corrected chi connectivity index (χ3v) is 7.88. The fourth-order valence-corrected chi connectivity index (χ4v) is 5.97. The summed E-state index contributed by atoms with van der Waals surface area (Å²) in [4.78, 5) is 44.2. The molecule has 0 spiro atoms. The van der Waals surface area contributed by atoms with Crippen molar-refractivity contribution in [3.05, 3.63) is 102 Å². The average Bonchev–Trinajstić information content (AvgIpc) is 3.61. The number of hydrogen-bond acceptors (Lipinski definition) is 10. The van der Waals surface area contributed by atoms with E-state index in [1.165, 1.54) is 15.9 Å². The van der Waals surface area contributed by atoms with Gasteiger partial charge >= 0.3 is 11.9 Å². The van der Waals surface area contributed by atoms with Gasteiger partial charge in [-0.15, -0.1) is 0 Å². The molecule has 11 heteroatoms. The van der Waals surface area contributed by atoms with E-state index in [0.717, 1.165) is 5.56 Å². The molecule has 1 atom stereocenters. The van der Waals surface area contributed by atoms with Crippen molar-refractivity contribution in [2.45, 2.75) is 33.7 Å². The largest absolute Gasteiger partial charge is 0.493 e. The van der Waals surface area contributed by atoms with Crippen LogP contribution < -0.4 is 24.4 Å². The summed E-state index contributed by atoms with van der Waals surface area (Å²) < 4.78 is 29.6. The van der Waals surface area contributed by atoms with Gasteiger partial charge in [0.15, 0.2) is 16.3 Å². The molecule has 10 nitrogen and oxygen atoms in total. The van der Waals surface area contributed by atoms with Crippen LogP contribution in [0.25, 0.3) is 17.4 Å². The lowest BCUT2D eigenvalue weighted by Crippen LogP contribution is -2.39. The Kier molecular flexibility index (Phi) is 9.15. The molecule has 0 bridgehead atoms. The van der Waals surface area contributed by atoms with Crippen molar-refractivity contribution >= 4 is 29.4 Å². The van der Waals surface area contributed by atoms with Gasteiger partial charge in [0.2, 0.25) is 0 Å². The number of fused-ring (bicyclic) bond motifs is 1. The summed E-state index contributed by atoms with van der Waals surface area (Å²) in [6.45, 7) is 7.95. The number of hydrogen-bond donors (Lipinski definition) is 0. The number of thiazole rings is 1. The Labute approximate surface area is 257 Å². The first-order valence-electron chi connectivity index (χ1n) is 14.2. The first kappa shape index (κ1) is 30.6. The van der Waals surface area contributed by atoms with Crippen LogP contribution in [0.5, 0.6) is 11.5 Å². The molecule has 0 aliphatic carbocycles. The molecular formula is C33H32N2O8S. The Morgan fingerprint density at radius 2 is 1.68 bits per heavy atom. The number of nitrogens with zero attached hydrogens (tertiary/aromatic N) is 2. The van der Waals surface area contributed by atoms with E-state index in [-0.39, 0.29) is 17.7 Å². The van der Waals surface area contributed by atoms with Crippen LogP contribution in [0.3, 0.4) is 0 Å². The fraction of sp³-hybridized carbons (Fsp3) is 0.273. The van der Waals surface area contributed by atoms with Crippen LogP contribution in [0.15, 0.2) is 80.1 Å². The highest BCUT2D eigenvalue weighted by atomic mass is 32.1. The van der Waals surface area contributed by atoms with Crippen molar-refractivity contribution in [1.82, 2.24) is 4.57 Å². The lowest BCUT2D eigenvalue weighted by molar-refractivity contribution is -0.139. The second kappa shape index (κ2) is 13.2. The van der Waals surface area contributed by atoms with Crippen LogP contribution in [0.1, 0.15) is 55.4 Å². The molecule has 228 valence electrons. The number of allylic oxidation sites excluding steroid dienone is 1. The van der Waals surface area contributed by atoms with E-state index >= 15 is 0 Å². The van der Waals surface area contributed by atoms with E-state index in [9.17, 15) is 14.4 Å². The number of aromatic nitrogens is 1. The van der Waals surface area contributed by atoms with Gasteiger partial charge in [-0.1, -0.05) is 29.5 Å². The van der Waals surface area contributed by atoms with Gasteiger partial charge in [-0.25, -0.2) is 14.6 Å². The molecule has 3 heterocycles. The normalized spacial score (nSPS) is 14.6. The van der Waals surface area contributed by atoms with E-state index in [1.54, 1.807) is 88.6 Å². The Morgan fingerprint density at radius 1 is 0.955 bits per heavy atom. The first-order valence-corrected chi connectivity index (χ1v) is 15.0. The fourth-order valence-electron chi connectivity index (χ4n) is 4.94. The monoisotopic (exact) mass is 616 g/mol. The van der Waals surface area contributed by atoms with Crippen LogP contribution in [0.2, 0.25) is 0 Å². The number of benzene rings is 2.